The topological polar surface area (TPSA) is 68.5 Å². The molecule has 1 heterocycles. The fourth-order valence-corrected chi connectivity index (χ4v) is 2.44. The number of hydrogen-bond donors (Lipinski definition) is 1. The molecule has 6 heteroatoms. The van der Waals surface area contributed by atoms with E-state index in [0.29, 0.717) is 5.69 Å². The van der Waals surface area contributed by atoms with Crippen LogP contribution in [0.3, 0.4) is 0 Å². The summed E-state index contributed by atoms with van der Waals surface area (Å²) in [6, 6.07) is 7.12. The van der Waals surface area contributed by atoms with E-state index in [-0.39, 0.29) is 11.9 Å². The van der Waals surface area contributed by atoms with E-state index >= 15 is 0 Å². The van der Waals surface area contributed by atoms with Crippen molar-refractivity contribution in [2.24, 2.45) is 5.73 Å². The number of methoxy groups -OCH3 is 1. The Balaban J connectivity index is 2.18. The molecule has 0 saturated carbocycles. The molecule has 5 nitrogen and oxygen atoms in total. The Morgan fingerprint density at radius 2 is 2.05 bits per heavy atom. The van der Waals surface area contributed by atoms with Gasteiger partial charge in [0.2, 0.25) is 0 Å². The molecule has 1 aromatic heterocycles. The molecule has 0 aliphatic carbocycles. The molecule has 0 fully saturated rings. The highest BCUT2D eigenvalue weighted by molar-refractivity contribution is 7.09. The smallest absolute Gasteiger partial charge is 0.277 e. The third-order valence-corrected chi connectivity index (χ3v) is 3.94. The minimum Gasteiger partial charge on any atom is -0.497 e. The first kappa shape index (κ1) is 14.5. The van der Waals surface area contributed by atoms with E-state index in [2.05, 4.69) is 4.98 Å². The standard InChI is InChI=1S/C14H17N3O2S/c1-9(15)13-16-12(8-20-13)14(18)17(2)10-4-6-11(19-3)7-5-10/h4-9H,15H2,1-3H3. The normalized spacial score (nSPS) is 12.0. The largest absolute Gasteiger partial charge is 0.497 e. The Kier molecular flexibility index (Phi) is 4.36. The number of carbonyl (C=O) groups is 1. The lowest BCUT2D eigenvalue weighted by molar-refractivity contribution is 0.0988. The van der Waals surface area contributed by atoms with Crippen LogP contribution in [-0.2, 0) is 0 Å². The summed E-state index contributed by atoms with van der Waals surface area (Å²) in [7, 11) is 3.32. The van der Waals surface area contributed by atoms with Crippen LogP contribution in [0.2, 0.25) is 0 Å². The first-order chi connectivity index (χ1) is 9.52. The zero-order valence-electron chi connectivity index (χ0n) is 11.7. The van der Waals surface area contributed by atoms with Gasteiger partial charge in [0, 0.05) is 18.1 Å². The second-order valence-electron chi connectivity index (χ2n) is 4.42. The molecule has 1 aromatic carbocycles. The summed E-state index contributed by atoms with van der Waals surface area (Å²) < 4.78 is 5.10. The number of anilines is 1. The van der Waals surface area contributed by atoms with Gasteiger partial charge in [-0.25, -0.2) is 4.98 Å². The highest BCUT2D eigenvalue weighted by Crippen LogP contribution is 2.21. The van der Waals surface area contributed by atoms with Crippen LogP contribution in [0, 0.1) is 0 Å². The van der Waals surface area contributed by atoms with Crippen LogP contribution in [-0.4, -0.2) is 25.0 Å². The van der Waals surface area contributed by atoms with E-state index in [9.17, 15) is 4.79 Å². The number of carbonyl (C=O) groups excluding carboxylic acids is 1. The Bertz CT molecular complexity index is 593. The maximum Gasteiger partial charge on any atom is 0.277 e. The van der Waals surface area contributed by atoms with Crippen molar-refractivity contribution >= 4 is 22.9 Å². The summed E-state index contributed by atoms with van der Waals surface area (Å²) in [5.74, 6) is 0.598. The highest BCUT2D eigenvalue weighted by Gasteiger charge is 2.17. The van der Waals surface area contributed by atoms with E-state index in [1.165, 1.54) is 11.3 Å². The SMILES string of the molecule is COc1ccc(N(C)C(=O)c2csc(C(C)N)n2)cc1. The Morgan fingerprint density at radius 3 is 2.55 bits per heavy atom. The van der Waals surface area contributed by atoms with Crippen molar-refractivity contribution in [1.82, 2.24) is 4.98 Å². The Hall–Kier alpha value is -1.92. The molecule has 1 amide bonds. The molecule has 2 N–H and O–H groups in total. The lowest BCUT2D eigenvalue weighted by atomic mass is 10.2. The Morgan fingerprint density at radius 1 is 1.40 bits per heavy atom. The molecule has 2 aromatic rings. The summed E-state index contributed by atoms with van der Waals surface area (Å²) in [4.78, 5) is 18.2. The van der Waals surface area contributed by atoms with Crippen molar-refractivity contribution < 1.29 is 9.53 Å². The van der Waals surface area contributed by atoms with Crippen LogP contribution in [0.4, 0.5) is 5.69 Å². The maximum atomic E-state index is 12.3. The molecule has 2 rings (SSSR count). The summed E-state index contributed by atoms with van der Waals surface area (Å²) >= 11 is 1.40. The van der Waals surface area contributed by atoms with Crippen molar-refractivity contribution in [3.8, 4) is 5.75 Å². The van der Waals surface area contributed by atoms with Gasteiger partial charge in [-0.1, -0.05) is 0 Å². The summed E-state index contributed by atoms with van der Waals surface area (Å²) in [6.07, 6.45) is 0. The van der Waals surface area contributed by atoms with Crippen LogP contribution in [0.25, 0.3) is 0 Å². The zero-order chi connectivity index (χ0) is 14.7. The average molecular weight is 291 g/mol. The molecule has 1 unspecified atom stereocenters. The summed E-state index contributed by atoms with van der Waals surface area (Å²) in [6.45, 7) is 1.85. The molecular weight excluding hydrogens is 274 g/mol. The Labute approximate surface area is 122 Å². The van der Waals surface area contributed by atoms with Gasteiger partial charge in [-0.3, -0.25) is 4.79 Å². The molecular formula is C14H17N3O2S. The van der Waals surface area contributed by atoms with Gasteiger partial charge in [-0.05, 0) is 31.2 Å². The van der Waals surface area contributed by atoms with E-state index < -0.39 is 0 Å². The number of nitrogens with two attached hydrogens (primary N) is 1. The van der Waals surface area contributed by atoms with Crippen molar-refractivity contribution in [3.05, 3.63) is 40.3 Å². The number of aromatic nitrogens is 1. The van der Waals surface area contributed by atoms with Crippen LogP contribution in [0.5, 0.6) is 5.75 Å². The van der Waals surface area contributed by atoms with Crippen molar-refractivity contribution in [2.45, 2.75) is 13.0 Å². The van der Waals surface area contributed by atoms with Crippen molar-refractivity contribution in [2.75, 3.05) is 19.1 Å². The molecule has 0 bridgehead atoms. The molecule has 0 aliphatic rings. The minimum atomic E-state index is -0.159. The predicted molar refractivity (Wildman–Crippen MR) is 80.4 cm³/mol. The molecule has 0 radical (unpaired) electrons. The first-order valence-corrected chi connectivity index (χ1v) is 7.04. The first-order valence-electron chi connectivity index (χ1n) is 6.16. The van der Waals surface area contributed by atoms with Crippen molar-refractivity contribution in [3.63, 3.8) is 0 Å². The third-order valence-electron chi connectivity index (χ3n) is 2.89. The number of hydrogen-bond acceptors (Lipinski definition) is 5. The fraction of sp³-hybridized carbons (Fsp3) is 0.286. The van der Waals surface area contributed by atoms with Gasteiger partial charge in [0.15, 0.2) is 0 Å². The van der Waals surface area contributed by atoms with E-state index in [1.54, 1.807) is 24.4 Å². The maximum absolute atomic E-state index is 12.3. The summed E-state index contributed by atoms with van der Waals surface area (Å²) in [5, 5.41) is 2.50. The second-order valence-corrected chi connectivity index (χ2v) is 5.31. The molecule has 106 valence electrons. The summed E-state index contributed by atoms with van der Waals surface area (Å²) in [5.41, 5.74) is 6.96. The quantitative estimate of drug-likeness (QED) is 0.939. The van der Waals surface area contributed by atoms with Crippen LogP contribution in [0.15, 0.2) is 29.6 Å². The van der Waals surface area contributed by atoms with Gasteiger partial charge in [0.25, 0.3) is 5.91 Å². The van der Waals surface area contributed by atoms with Gasteiger partial charge in [0.1, 0.15) is 16.5 Å². The van der Waals surface area contributed by atoms with Gasteiger partial charge in [-0.2, -0.15) is 0 Å². The number of benzene rings is 1. The van der Waals surface area contributed by atoms with Crippen LogP contribution >= 0.6 is 11.3 Å². The fourth-order valence-electron chi connectivity index (χ4n) is 1.69. The van der Waals surface area contributed by atoms with Crippen LogP contribution in [0.1, 0.15) is 28.5 Å². The molecule has 20 heavy (non-hydrogen) atoms. The lowest BCUT2D eigenvalue weighted by Crippen LogP contribution is -2.26. The van der Waals surface area contributed by atoms with Gasteiger partial charge < -0.3 is 15.4 Å². The predicted octanol–water partition coefficient (Wildman–Crippen LogP) is 2.45. The minimum absolute atomic E-state index is 0.154. The number of amides is 1. The average Bonchev–Trinajstić information content (AvgIpc) is 2.96. The van der Waals surface area contributed by atoms with Crippen molar-refractivity contribution in [1.29, 1.82) is 0 Å². The second kappa shape index (κ2) is 6.02. The van der Waals surface area contributed by atoms with Gasteiger partial charge >= 0.3 is 0 Å². The third kappa shape index (κ3) is 2.97. The monoisotopic (exact) mass is 291 g/mol. The number of nitrogens with zero attached hydrogens (tertiary/aromatic N) is 2. The highest BCUT2D eigenvalue weighted by atomic mass is 32.1. The van der Waals surface area contributed by atoms with Gasteiger partial charge in [0.05, 0.1) is 13.2 Å². The molecule has 0 saturated heterocycles. The van der Waals surface area contributed by atoms with Crippen LogP contribution < -0.4 is 15.4 Å². The lowest BCUT2D eigenvalue weighted by Gasteiger charge is -2.16. The molecule has 0 spiro atoms. The van der Waals surface area contributed by atoms with E-state index in [4.69, 9.17) is 10.5 Å². The number of thiazole rings is 1. The number of ether oxygens (including phenoxy) is 1. The van der Waals surface area contributed by atoms with E-state index in [1.807, 2.05) is 31.2 Å². The van der Waals surface area contributed by atoms with E-state index in [0.717, 1.165) is 16.4 Å². The zero-order valence-corrected chi connectivity index (χ0v) is 12.5. The number of rotatable bonds is 4. The van der Waals surface area contributed by atoms with Gasteiger partial charge in [-0.15, -0.1) is 11.3 Å². The molecule has 0 aliphatic heterocycles. The molecule has 1 atom stereocenters.